The quantitative estimate of drug-likeness (QED) is 0.213. The smallest absolute Gasteiger partial charge is 0.248 e. The Morgan fingerprint density at radius 3 is 1.63 bits per heavy atom. The van der Waals surface area contributed by atoms with E-state index in [0.717, 1.165) is 57.8 Å². The molecule has 0 aliphatic rings. The highest BCUT2D eigenvalue weighted by Gasteiger charge is 2.19. The number of hydrogen-bond acceptors (Lipinski definition) is 3. The summed E-state index contributed by atoms with van der Waals surface area (Å²) in [6.07, 6.45) is 8.54. The summed E-state index contributed by atoms with van der Waals surface area (Å²) in [7, 11) is 1.80. The first-order chi connectivity index (χ1) is 14.0. The van der Waals surface area contributed by atoms with Gasteiger partial charge in [0.1, 0.15) is 0 Å². The van der Waals surface area contributed by atoms with Crippen LogP contribution in [-0.2, 0) is 14.4 Å². The van der Waals surface area contributed by atoms with E-state index in [1.165, 1.54) is 0 Å². The van der Waals surface area contributed by atoms with Gasteiger partial charge in [0.2, 0.25) is 5.91 Å². The molecule has 30 heavy (non-hydrogen) atoms. The van der Waals surface area contributed by atoms with Crippen molar-refractivity contribution in [2.24, 2.45) is 11.8 Å². The lowest BCUT2D eigenvalue weighted by atomic mass is 9.88. The molecule has 2 atom stereocenters. The first-order valence-electron chi connectivity index (χ1n) is 11.3. The van der Waals surface area contributed by atoms with E-state index in [9.17, 15) is 14.4 Å². The highest BCUT2D eigenvalue weighted by atomic mass is 16.2. The van der Waals surface area contributed by atoms with E-state index in [2.05, 4.69) is 19.7 Å². The molecule has 0 saturated carbocycles. The monoisotopic (exact) mass is 417 g/mol. The number of Topliss-reactive ketones (excluding diaryl/α,β-unsaturated/α-hetero) is 2. The van der Waals surface area contributed by atoms with Crippen LogP contribution in [0.2, 0.25) is 0 Å². The molecule has 0 aromatic rings. The lowest BCUT2D eigenvalue weighted by molar-refractivity contribution is -0.126. The number of amides is 1. The maximum absolute atomic E-state index is 12.5. The van der Waals surface area contributed by atoms with Crippen molar-refractivity contribution in [2.45, 2.75) is 85.5 Å². The zero-order chi connectivity index (χ0) is 23.3. The number of ketones is 2. The van der Waals surface area contributed by atoms with Gasteiger partial charge in [0.05, 0.1) is 0 Å². The Morgan fingerprint density at radius 2 is 1.17 bits per heavy atom. The van der Waals surface area contributed by atoms with Crippen LogP contribution >= 0.6 is 0 Å². The number of carbonyl (C=O) groups excluding carboxylic acids is 3. The van der Waals surface area contributed by atoms with Gasteiger partial charge in [0, 0.05) is 31.0 Å². The molecule has 0 aliphatic heterocycles. The summed E-state index contributed by atoms with van der Waals surface area (Å²) < 4.78 is 0. The van der Waals surface area contributed by atoms with Crippen molar-refractivity contribution in [3.8, 4) is 0 Å². The second-order valence-corrected chi connectivity index (χ2v) is 8.88. The highest BCUT2D eigenvalue weighted by Crippen LogP contribution is 2.22. The maximum Gasteiger partial charge on any atom is 0.248 e. The fourth-order valence-electron chi connectivity index (χ4n) is 3.67. The third-order valence-electron chi connectivity index (χ3n) is 5.61. The number of nitrogens with zero attached hydrogens (tertiary/aromatic N) is 1. The van der Waals surface area contributed by atoms with Gasteiger partial charge in [-0.1, -0.05) is 58.8 Å². The van der Waals surface area contributed by atoms with Gasteiger partial charge in [-0.2, -0.15) is 0 Å². The van der Waals surface area contributed by atoms with E-state index in [-0.39, 0.29) is 29.3 Å². The van der Waals surface area contributed by atoms with Crippen LogP contribution in [0.25, 0.3) is 0 Å². The second kappa shape index (κ2) is 14.9. The summed E-state index contributed by atoms with van der Waals surface area (Å²) in [5.41, 5.74) is 1.82. The fourth-order valence-corrected chi connectivity index (χ4v) is 3.67. The first-order valence-corrected chi connectivity index (χ1v) is 11.3. The van der Waals surface area contributed by atoms with E-state index in [4.69, 9.17) is 0 Å². The molecule has 1 unspecified atom stereocenters. The standard InChI is InChI=1S/C26H43NO3/c1-19(2)24(28)22(7)15-11-9-12-16-23(25(29)20(3)4)17-13-10-14-18-27(8)26(30)21(5)6/h22-23H,1,3,5,9-18H2,2,4,6-8H3/t22-,23?/m0/s1. The van der Waals surface area contributed by atoms with Crippen molar-refractivity contribution >= 4 is 17.5 Å². The van der Waals surface area contributed by atoms with Crippen LogP contribution in [-0.4, -0.2) is 36.0 Å². The van der Waals surface area contributed by atoms with Crippen molar-refractivity contribution in [2.75, 3.05) is 13.6 Å². The minimum Gasteiger partial charge on any atom is -0.342 e. The number of hydrogen-bond donors (Lipinski definition) is 0. The fraction of sp³-hybridized carbons (Fsp3) is 0.654. The van der Waals surface area contributed by atoms with Crippen LogP contribution in [0.3, 0.4) is 0 Å². The van der Waals surface area contributed by atoms with Gasteiger partial charge in [0.25, 0.3) is 0 Å². The van der Waals surface area contributed by atoms with Crippen molar-refractivity contribution in [1.29, 1.82) is 0 Å². The third kappa shape index (κ3) is 11.3. The summed E-state index contributed by atoms with van der Waals surface area (Å²) in [4.78, 5) is 37.9. The molecule has 4 heteroatoms. The number of rotatable bonds is 17. The van der Waals surface area contributed by atoms with Gasteiger partial charge in [0.15, 0.2) is 11.6 Å². The SMILES string of the molecule is C=C(C)C(=O)C(CCCCC[C@H](C)C(=O)C(=C)C)CCCCCN(C)C(=O)C(=C)C. The largest absolute Gasteiger partial charge is 0.342 e. The van der Waals surface area contributed by atoms with Gasteiger partial charge in [-0.15, -0.1) is 0 Å². The number of carbonyl (C=O) groups is 3. The maximum atomic E-state index is 12.5. The Balaban J connectivity index is 4.28. The highest BCUT2D eigenvalue weighted by molar-refractivity contribution is 5.96. The first kappa shape index (κ1) is 28.0. The van der Waals surface area contributed by atoms with Crippen LogP contribution in [0.5, 0.6) is 0 Å². The molecule has 0 aromatic carbocycles. The minimum absolute atomic E-state index is 0.00962. The molecular formula is C26H43NO3. The van der Waals surface area contributed by atoms with E-state index in [1.807, 2.05) is 6.92 Å². The second-order valence-electron chi connectivity index (χ2n) is 8.88. The summed E-state index contributed by atoms with van der Waals surface area (Å²) in [5.74, 6) is 0.387. The van der Waals surface area contributed by atoms with Gasteiger partial charge in [-0.3, -0.25) is 14.4 Å². The lowest BCUT2D eigenvalue weighted by Crippen LogP contribution is -2.28. The summed E-state index contributed by atoms with van der Waals surface area (Å²) in [6.45, 7) is 19.2. The van der Waals surface area contributed by atoms with Crippen molar-refractivity contribution in [1.82, 2.24) is 4.90 Å². The predicted octanol–water partition coefficient (Wildman–Crippen LogP) is 6.07. The summed E-state index contributed by atoms with van der Waals surface area (Å²) in [5, 5.41) is 0. The van der Waals surface area contributed by atoms with Crippen LogP contribution < -0.4 is 0 Å². The molecule has 1 amide bonds. The van der Waals surface area contributed by atoms with E-state index < -0.39 is 0 Å². The van der Waals surface area contributed by atoms with Crippen LogP contribution in [0.15, 0.2) is 36.5 Å². The molecule has 0 saturated heterocycles. The Hall–Kier alpha value is -1.97. The molecular weight excluding hydrogens is 374 g/mol. The summed E-state index contributed by atoms with van der Waals surface area (Å²) in [6, 6.07) is 0. The van der Waals surface area contributed by atoms with E-state index >= 15 is 0 Å². The van der Waals surface area contributed by atoms with Crippen molar-refractivity contribution in [3.05, 3.63) is 36.5 Å². The average molecular weight is 418 g/mol. The Kier molecular flexibility index (Phi) is 13.9. The molecule has 0 bridgehead atoms. The lowest BCUT2D eigenvalue weighted by Gasteiger charge is -2.18. The predicted molar refractivity (Wildman–Crippen MR) is 126 cm³/mol. The van der Waals surface area contributed by atoms with Gasteiger partial charge < -0.3 is 4.90 Å². The van der Waals surface area contributed by atoms with Crippen LogP contribution in [0, 0.1) is 11.8 Å². The zero-order valence-corrected chi connectivity index (χ0v) is 20.0. The van der Waals surface area contributed by atoms with Gasteiger partial charge in [-0.05, 0) is 57.6 Å². The van der Waals surface area contributed by atoms with Gasteiger partial charge in [-0.25, -0.2) is 0 Å². The topological polar surface area (TPSA) is 54.5 Å². The van der Waals surface area contributed by atoms with E-state index in [0.29, 0.717) is 23.3 Å². The molecule has 0 N–H and O–H groups in total. The summed E-state index contributed by atoms with van der Waals surface area (Å²) >= 11 is 0. The Morgan fingerprint density at radius 1 is 0.700 bits per heavy atom. The van der Waals surface area contributed by atoms with Crippen molar-refractivity contribution < 1.29 is 14.4 Å². The third-order valence-corrected chi connectivity index (χ3v) is 5.61. The van der Waals surface area contributed by atoms with Gasteiger partial charge >= 0.3 is 0 Å². The van der Waals surface area contributed by atoms with Crippen LogP contribution in [0.4, 0.5) is 0 Å². The molecule has 0 heterocycles. The molecule has 0 spiro atoms. The number of likely N-dealkylation sites (N-methyl/N-ethyl adjacent to an activating group) is 1. The molecule has 0 aliphatic carbocycles. The Bertz CT molecular complexity index is 590. The van der Waals surface area contributed by atoms with Crippen LogP contribution in [0.1, 0.15) is 85.5 Å². The molecule has 0 radical (unpaired) electrons. The van der Waals surface area contributed by atoms with E-state index in [1.54, 1.807) is 32.7 Å². The molecule has 170 valence electrons. The minimum atomic E-state index is -0.00962. The number of allylic oxidation sites excluding steroid dienone is 2. The molecule has 0 rings (SSSR count). The molecule has 4 nitrogen and oxygen atoms in total. The molecule has 0 aromatic heterocycles. The van der Waals surface area contributed by atoms with Crippen molar-refractivity contribution in [3.63, 3.8) is 0 Å². The average Bonchev–Trinajstić information content (AvgIpc) is 2.69. The normalized spacial score (nSPS) is 12.7. The zero-order valence-electron chi connectivity index (χ0n) is 20.0. The Labute approximate surface area is 184 Å². The number of unbranched alkanes of at least 4 members (excludes halogenated alkanes) is 4. The molecule has 0 fully saturated rings.